The summed E-state index contributed by atoms with van der Waals surface area (Å²) in [7, 11) is 3.94. The van der Waals surface area contributed by atoms with Crippen LogP contribution in [-0.4, -0.2) is 37.9 Å². The number of hydrogen-bond acceptors (Lipinski definition) is 4. The highest BCUT2D eigenvalue weighted by Crippen LogP contribution is 2.35. The number of halogens is 1. The lowest BCUT2D eigenvalue weighted by Gasteiger charge is -2.38. The molecule has 0 unspecified atom stereocenters. The monoisotopic (exact) mass is 339 g/mol. The molecule has 1 aliphatic carbocycles. The molecule has 0 atom stereocenters. The maximum atomic E-state index is 11.7. The molecule has 2 rings (SSSR count). The van der Waals surface area contributed by atoms with Crippen molar-refractivity contribution in [1.29, 1.82) is 0 Å². The molecule has 1 aliphatic rings. The zero-order chi connectivity index (χ0) is 17.2. The van der Waals surface area contributed by atoms with Crippen LogP contribution < -0.4 is 15.5 Å². The first kappa shape index (κ1) is 17.7. The van der Waals surface area contributed by atoms with Gasteiger partial charge < -0.3 is 20.3 Å². The van der Waals surface area contributed by atoms with Gasteiger partial charge in [-0.3, -0.25) is 0 Å². The molecule has 0 aliphatic heterocycles. The fourth-order valence-electron chi connectivity index (χ4n) is 2.63. The van der Waals surface area contributed by atoms with E-state index in [-0.39, 0.29) is 12.1 Å². The minimum atomic E-state index is -0.465. The molecule has 0 radical (unpaired) electrons. The fraction of sp³-hybridized carbons (Fsp3) is 0.588. The number of hydrogen-bond donors (Lipinski definition) is 2. The maximum absolute atomic E-state index is 11.7. The second-order valence-corrected chi connectivity index (χ2v) is 7.59. The van der Waals surface area contributed by atoms with Crippen molar-refractivity contribution < 1.29 is 9.53 Å². The van der Waals surface area contributed by atoms with Gasteiger partial charge in [0, 0.05) is 26.2 Å². The fourth-order valence-corrected chi connectivity index (χ4v) is 2.98. The van der Waals surface area contributed by atoms with Crippen LogP contribution in [0.1, 0.15) is 33.6 Å². The molecule has 0 heterocycles. The molecule has 23 heavy (non-hydrogen) atoms. The Morgan fingerprint density at radius 3 is 2.48 bits per heavy atom. The molecule has 0 spiro atoms. The molecule has 1 aromatic carbocycles. The molecule has 0 aromatic heterocycles. The number of carbonyl (C=O) groups excluding carboxylic acids is 1. The Kier molecular flexibility index (Phi) is 5.30. The summed E-state index contributed by atoms with van der Waals surface area (Å²) in [4.78, 5) is 13.7. The van der Waals surface area contributed by atoms with E-state index in [1.165, 1.54) is 0 Å². The molecule has 1 aromatic rings. The zero-order valence-electron chi connectivity index (χ0n) is 14.4. The van der Waals surface area contributed by atoms with Crippen molar-refractivity contribution in [3.8, 4) is 0 Å². The van der Waals surface area contributed by atoms with E-state index < -0.39 is 5.60 Å². The van der Waals surface area contributed by atoms with Crippen LogP contribution in [0.2, 0.25) is 5.02 Å². The summed E-state index contributed by atoms with van der Waals surface area (Å²) in [5, 5.41) is 7.13. The van der Waals surface area contributed by atoms with Crippen LogP contribution in [0.4, 0.5) is 16.2 Å². The van der Waals surface area contributed by atoms with Gasteiger partial charge in [0.05, 0.1) is 16.4 Å². The van der Waals surface area contributed by atoms with Crippen molar-refractivity contribution in [2.75, 3.05) is 24.3 Å². The van der Waals surface area contributed by atoms with Gasteiger partial charge in [-0.1, -0.05) is 17.7 Å². The summed E-state index contributed by atoms with van der Waals surface area (Å²) in [5.41, 5.74) is 1.54. The highest BCUT2D eigenvalue weighted by atomic mass is 35.5. The van der Waals surface area contributed by atoms with Crippen LogP contribution in [0.5, 0.6) is 0 Å². The first-order valence-corrected chi connectivity index (χ1v) is 8.25. The summed E-state index contributed by atoms with van der Waals surface area (Å²) >= 11 is 6.27. The molecule has 1 saturated carbocycles. The van der Waals surface area contributed by atoms with Crippen molar-refractivity contribution in [1.82, 2.24) is 5.32 Å². The number of anilines is 2. The molecule has 0 saturated heterocycles. The summed E-state index contributed by atoms with van der Waals surface area (Å²) < 4.78 is 5.27. The van der Waals surface area contributed by atoms with Gasteiger partial charge in [-0.05, 0) is 45.7 Å². The van der Waals surface area contributed by atoms with Gasteiger partial charge in [0.1, 0.15) is 5.60 Å². The van der Waals surface area contributed by atoms with E-state index in [0.717, 1.165) is 29.2 Å². The largest absolute Gasteiger partial charge is 0.444 e. The first-order chi connectivity index (χ1) is 10.7. The molecule has 1 amide bonds. The standard InChI is InChI=1S/C17H26ClN3O2/c1-17(2,3)23-16(22)20-12-9-11(10-12)19-14-8-6-7-13(18)15(14)21(4)5/h6-8,11-12,19H,9-10H2,1-5H3,(H,20,22). The third kappa shape index (κ3) is 4.93. The molecular formula is C17H26ClN3O2. The SMILES string of the molecule is CN(C)c1c(Cl)cccc1NC1CC(NC(=O)OC(C)(C)C)C1. The third-order valence-corrected chi connectivity index (χ3v) is 3.96. The van der Waals surface area contributed by atoms with Crippen LogP contribution in [0.3, 0.4) is 0 Å². The van der Waals surface area contributed by atoms with E-state index in [1.807, 2.05) is 58.0 Å². The van der Waals surface area contributed by atoms with Crippen LogP contribution in [0, 0.1) is 0 Å². The summed E-state index contributed by atoms with van der Waals surface area (Å²) in [6.07, 6.45) is 1.40. The van der Waals surface area contributed by atoms with Gasteiger partial charge in [0.2, 0.25) is 0 Å². The number of amides is 1. The van der Waals surface area contributed by atoms with Crippen molar-refractivity contribution in [3.63, 3.8) is 0 Å². The number of ether oxygens (including phenoxy) is 1. The summed E-state index contributed by atoms with van der Waals surface area (Å²) in [6, 6.07) is 6.33. The number of rotatable bonds is 4. The van der Waals surface area contributed by atoms with Crippen LogP contribution >= 0.6 is 11.6 Å². The first-order valence-electron chi connectivity index (χ1n) is 7.87. The van der Waals surface area contributed by atoms with Gasteiger partial charge in [0.15, 0.2) is 0 Å². The molecule has 5 nitrogen and oxygen atoms in total. The minimum Gasteiger partial charge on any atom is -0.444 e. The average molecular weight is 340 g/mol. The normalized spacial score (nSPS) is 20.4. The summed E-state index contributed by atoms with van der Waals surface area (Å²) in [6.45, 7) is 5.58. The highest BCUT2D eigenvalue weighted by Gasteiger charge is 2.32. The molecule has 128 valence electrons. The van der Waals surface area contributed by atoms with E-state index in [4.69, 9.17) is 16.3 Å². The number of nitrogens with one attached hydrogen (secondary N) is 2. The van der Waals surface area contributed by atoms with E-state index in [0.29, 0.717) is 6.04 Å². The van der Waals surface area contributed by atoms with Crippen LogP contribution in [0.25, 0.3) is 0 Å². The number of para-hydroxylation sites is 1. The third-order valence-electron chi connectivity index (χ3n) is 3.65. The second-order valence-electron chi connectivity index (χ2n) is 7.19. The van der Waals surface area contributed by atoms with Crippen molar-refractivity contribution in [3.05, 3.63) is 23.2 Å². The molecular weight excluding hydrogens is 314 g/mol. The number of nitrogens with zero attached hydrogens (tertiary/aromatic N) is 1. The average Bonchev–Trinajstić information content (AvgIpc) is 2.33. The van der Waals surface area contributed by atoms with Crippen LogP contribution in [-0.2, 0) is 4.74 Å². The smallest absolute Gasteiger partial charge is 0.407 e. The number of carbonyl (C=O) groups is 1. The van der Waals surface area contributed by atoms with E-state index in [2.05, 4.69) is 10.6 Å². The second kappa shape index (κ2) is 6.87. The van der Waals surface area contributed by atoms with E-state index >= 15 is 0 Å². The number of benzene rings is 1. The van der Waals surface area contributed by atoms with Gasteiger partial charge in [-0.25, -0.2) is 4.79 Å². The van der Waals surface area contributed by atoms with Gasteiger partial charge in [-0.2, -0.15) is 0 Å². The predicted molar refractivity (Wildman–Crippen MR) is 95.6 cm³/mol. The van der Waals surface area contributed by atoms with Crippen LogP contribution in [0.15, 0.2) is 18.2 Å². The Bertz CT molecular complexity index is 563. The Labute approximate surface area is 143 Å². The summed E-state index contributed by atoms with van der Waals surface area (Å²) in [5.74, 6) is 0. The highest BCUT2D eigenvalue weighted by molar-refractivity contribution is 6.34. The van der Waals surface area contributed by atoms with Gasteiger partial charge in [0.25, 0.3) is 0 Å². The zero-order valence-corrected chi connectivity index (χ0v) is 15.2. The maximum Gasteiger partial charge on any atom is 0.407 e. The Morgan fingerprint density at radius 1 is 1.26 bits per heavy atom. The Morgan fingerprint density at radius 2 is 1.91 bits per heavy atom. The quantitative estimate of drug-likeness (QED) is 0.874. The molecule has 6 heteroatoms. The van der Waals surface area contributed by atoms with E-state index in [9.17, 15) is 4.79 Å². The predicted octanol–water partition coefficient (Wildman–Crippen LogP) is 3.87. The van der Waals surface area contributed by atoms with Crippen molar-refractivity contribution in [2.45, 2.75) is 51.3 Å². The van der Waals surface area contributed by atoms with Crippen molar-refractivity contribution >= 4 is 29.1 Å². The minimum absolute atomic E-state index is 0.157. The lowest BCUT2D eigenvalue weighted by molar-refractivity contribution is 0.0475. The van der Waals surface area contributed by atoms with Gasteiger partial charge in [-0.15, -0.1) is 0 Å². The number of alkyl carbamates (subject to hydrolysis) is 1. The van der Waals surface area contributed by atoms with E-state index in [1.54, 1.807) is 0 Å². The Hall–Kier alpha value is -1.62. The molecule has 1 fully saturated rings. The molecule has 0 bridgehead atoms. The van der Waals surface area contributed by atoms with Crippen molar-refractivity contribution in [2.24, 2.45) is 0 Å². The lowest BCUT2D eigenvalue weighted by atomic mass is 9.86. The molecule has 2 N–H and O–H groups in total. The van der Waals surface area contributed by atoms with Gasteiger partial charge >= 0.3 is 6.09 Å². The Balaban J connectivity index is 1.85. The topological polar surface area (TPSA) is 53.6 Å². The lowest BCUT2D eigenvalue weighted by Crippen LogP contribution is -2.50.